The maximum Gasteiger partial charge on any atom is 0.306 e. The molecule has 0 aromatic heterocycles. The molecule has 96 valence electrons. The fourth-order valence-corrected chi connectivity index (χ4v) is 1.80. The number of carboxylic acids is 1. The average Bonchev–Trinajstić information content (AvgIpc) is 3.05. The van der Waals surface area contributed by atoms with Gasteiger partial charge in [-0.2, -0.15) is 0 Å². The molecule has 1 aromatic carbocycles. The fraction of sp³-hybridized carbons (Fsp3) is 0.333. The molecule has 0 saturated heterocycles. The van der Waals surface area contributed by atoms with Crippen molar-refractivity contribution in [1.29, 1.82) is 0 Å². The molecular weight excluding hydrogens is 244 g/mol. The van der Waals surface area contributed by atoms with Crippen LogP contribution in [0.3, 0.4) is 0 Å². The summed E-state index contributed by atoms with van der Waals surface area (Å²) < 4.78 is 26.5. The number of rotatable bonds is 4. The van der Waals surface area contributed by atoms with E-state index >= 15 is 0 Å². The molecule has 1 amide bonds. The number of hydrogen-bond donors (Lipinski definition) is 2. The molecule has 0 unspecified atom stereocenters. The zero-order valence-corrected chi connectivity index (χ0v) is 9.32. The van der Waals surface area contributed by atoms with Crippen LogP contribution in [0.5, 0.6) is 0 Å². The quantitative estimate of drug-likeness (QED) is 0.855. The van der Waals surface area contributed by atoms with Crippen molar-refractivity contribution in [1.82, 2.24) is 5.32 Å². The average molecular weight is 255 g/mol. The lowest BCUT2D eigenvalue weighted by atomic mass is 10.2. The fourth-order valence-electron chi connectivity index (χ4n) is 1.80. The zero-order valence-electron chi connectivity index (χ0n) is 9.32. The molecule has 1 fully saturated rings. The number of hydrogen-bond acceptors (Lipinski definition) is 2. The normalized spacial score (nSPS) is 21.4. The first-order chi connectivity index (χ1) is 8.50. The smallest absolute Gasteiger partial charge is 0.306 e. The van der Waals surface area contributed by atoms with E-state index in [-0.39, 0.29) is 12.5 Å². The minimum atomic E-state index is -0.932. The van der Waals surface area contributed by atoms with Gasteiger partial charge in [-0.05, 0) is 24.5 Å². The van der Waals surface area contributed by atoms with Crippen molar-refractivity contribution in [2.24, 2.45) is 11.8 Å². The summed E-state index contributed by atoms with van der Waals surface area (Å²) in [6, 6.07) is 3.16. The predicted octanol–water partition coefficient (Wildman–Crippen LogP) is 1.42. The van der Waals surface area contributed by atoms with E-state index in [0.717, 1.165) is 12.1 Å². The van der Waals surface area contributed by atoms with Crippen LogP contribution in [-0.4, -0.2) is 23.5 Å². The number of amides is 1. The Morgan fingerprint density at radius 3 is 2.44 bits per heavy atom. The van der Waals surface area contributed by atoms with Gasteiger partial charge in [0.1, 0.15) is 17.2 Å². The van der Waals surface area contributed by atoms with Gasteiger partial charge in [-0.15, -0.1) is 0 Å². The maximum absolute atomic E-state index is 13.3. The van der Waals surface area contributed by atoms with Gasteiger partial charge in [0.2, 0.25) is 0 Å². The van der Waals surface area contributed by atoms with Crippen LogP contribution in [-0.2, 0) is 4.79 Å². The highest BCUT2D eigenvalue weighted by Crippen LogP contribution is 2.37. The van der Waals surface area contributed by atoms with Crippen molar-refractivity contribution in [3.8, 4) is 0 Å². The number of carbonyl (C=O) groups is 2. The number of carboxylic acid groups (broad SMARTS) is 1. The van der Waals surface area contributed by atoms with Gasteiger partial charge in [0.25, 0.3) is 5.91 Å². The Hall–Kier alpha value is -1.98. The zero-order chi connectivity index (χ0) is 13.3. The summed E-state index contributed by atoms with van der Waals surface area (Å²) in [5.74, 6) is -4.25. The SMILES string of the molecule is O=C(NC[C@H]1C[C@H]1C(=O)O)c1c(F)cccc1F. The second kappa shape index (κ2) is 4.72. The number of benzene rings is 1. The van der Waals surface area contributed by atoms with Crippen molar-refractivity contribution >= 4 is 11.9 Å². The van der Waals surface area contributed by atoms with E-state index in [0.29, 0.717) is 6.42 Å². The Morgan fingerprint density at radius 1 is 1.33 bits per heavy atom. The number of carbonyl (C=O) groups excluding carboxylic acids is 1. The molecule has 0 aliphatic heterocycles. The van der Waals surface area contributed by atoms with E-state index in [1.807, 2.05) is 0 Å². The van der Waals surface area contributed by atoms with Crippen LogP contribution in [0.1, 0.15) is 16.8 Å². The van der Waals surface area contributed by atoms with Crippen LogP contribution in [0.2, 0.25) is 0 Å². The summed E-state index contributed by atoms with van der Waals surface area (Å²) in [7, 11) is 0. The minimum Gasteiger partial charge on any atom is -0.481 e. The highest BCUT2D eigenvalue weighted by atomic mass is 19.1. The van der Waals surface area contributed by atoms with Gasteiger partial charge in [0.15, 0.2) is 0 Å². The summed E-state index contributed by atoms with van der Waals surface area (Å²) in [5, 5.41) is 11.0. The van der Waals surface area contributed by atoms with E-state index in [1.165, 1.54) is 6.07 Å². The summed E-state index contributed by atoms with van der Waals surface area (Å²) in [5.41, 5.74) is -0.634. The molecule has 0 spiro atoms. The van der Waals surface area contributed by atoms with Crippen molar-refractivity contribution in [2.75, 3.05) is 6.54 Å². The monoisotopic (exact) mass is 255 g/mol. The lowest BCUT2D eigenvalue weighted by Crippen LogP contribution is -2.28. The van der Waals surface area contributed by atoms with Gasteiger partial charge in [-0.3, -0.25) is 9.59 Å². The first-order valence-corrected chi connectivity index (χ1v) is 5.45. The van der Waals surface area contributed by atoms with E-state index in [9.17, 15) is 18.4 Å². The van der Waals surface area contributed by atoms with Crippen LogP contribution in [0.4, 0.5) is 8.78 Å². The topological polar surface area (TPSA) is 66.4 Å². The molecule has 0 heterocycles. The summed E-state index contributed by atoms with van der Waals surface area (Å²) in [6.45, 7) is 0.115. The van der Waals surface area contributed by atoms with Crippen LogP contribution in [0, 0.1) is 23.5 Å². The first-order valence-electron chi connectivity index (χ1n) is 5.45. The molecule has 1 saturated carbocycles. The van der Waals surface area contributed by atoms with Gasteiger partial charge < -0.3 is 10.4 Å². The van der Waals surface area contributed by atoms with Gasteiger partial charge in [0, 0.05) is 6.54 Å². The third-order valence-corrected chi connectivity index (χ3v) is 2.95. The van der Waals surface area contributed by atoms with Crippen molar-refractivity contribution in [2.45, 2.75) is 6.42 Å². The lowest BCUT2D eigenvalue weighted by Gasteiger charge is -2.06. The molecule has 18 heavy (non-hydrogen) atoms. The first kappa shape index (κ1) is 12.5. The molecular formula is C12H11F2NO3. The largest absolute Gasteiger partial charge is 0.481 e. The lowest BCUT2D eigenvalue weighted by molar-refractivity contribution is -0.138. The van der Waals surface area contributed by atoms with Crippen molar-refractivity contribution in [3.63, 3.8) is 0 Å². The van der Waals surface area contributed by atoms with Crippen LogP contribution in [0.15, 0.2) is 18.2 Å². The molecule has 2 rings (SSSR count). The molecule has 1 aromatic rings. The summed E-state index contributed by atoms with van der Waals surface area (Å²) in [4.78, 5) is 22.1. The van der Waals surface area contributed by atoms with Crippen molar-refractivity contribution in [3.05, 3.63) is 35.4 Å². The highest BCUT2D eigenvalue weighted by molar-refractivity contribution is 5.94. The molecule has 0 bridgehead atoms. The van der Waals surface area contributed by atoms with Gasteiger partial charge in [-0.1, -0.05) is 6.07 Å². The van der Waals surface area contributed by atoms with Gasteiger partial charge in [0.05, 0.1) is 5.92 Å². The molecule has 0 radical (unpaired) electrons. The van der Waals surface area contributed by atoms with Crippen molar-refractivity contribution < 1.29 is 23.5 Å². The number of aliphatic carboxylic acids is 1. The molecule has 6 heteroatoms. The Morgan fingerprint density at radius 2 is 1.94 bits per heavy atom. The third-order valence-electron chi connectivity index (χ3n) is 2.95. The van der Waals surface area contributed by atoms with Crippen LogP contribution >= 0.6 is 0 Å². The number of halogens is 2. The molecule has 2 N–H and O–H groups in total. The Bertz CT molecular complexity index is 484. The predicted molar refractivity (Wildman–Crippen MR) is 57.9 cm³/mol. The van der Waals surface area contributed by atoms with Gasteiger partial charge in [-0.25, -0.2) is 8.78 Å². The Kier molecular flexibility index (Phi) is 3.27. The van der Waals surface area contributed by atoms with E-state index in [1.54, 1.807) is 0 Å². The molecule has 4 nitrogen and oxygen atoms in total. The second-order valence-electron chi connectivity index (χ2n) is 4.25. The second-order valence-corrected chi connectivity index (χ2v) is 4.25. The highest BCUT2D eigenvalue weighted by Gasteiger charge is 2.43. The summed E-state index contributed by atoms with van der Waals surface area (Å²) in [6.07, 6.45) is 0.482. The standard InChI is InChI=1S/C12H11F2NO3/c13-8-2-1-3-9(14)10(8)11(16)15-5-6-4-7(6)12(17)18/h1-3,6-7H,4-5H2,(H,15,16)(H,17,18)/t6-,7-/m1/s1. The summed E-state index contributed by atoms with van der Waals surface area (Å²) >= 11 is 0. The molecule has 2 atom stereocenters. The van der Waals surface area contributed by atoms with E-state index < -0.39 is 35.0 Å². The third kappa shape index (κ3) is 2.47. The minimum absolute atomic E-state index is 0.115. The van der Waals surface area contributed by atoms with Crippen LogP contribution in [0.25, 0.3) is 0 Å². The molecule has 1 aliphatic carbocycles. The maximum atomic E-state index is 13.3. The number of nitrogens with one attached hydrogen (secondary N) is 1. The Balaban J connectivity index is 1.95. The van der Waals surface area contributed by atoms with Crippen LogP contribution < -0.4 is 5.32 Å². The molecule has 1 aliphatic rings. The van der Waals surface area contributed by atoms with E-state index in [4.69, 9.17) is 5.11 Å². The van der Waals surface area contributed by atoms with Gasteiger partial charge >= 0.3 is 5.97 Å². The Labute approximate surface area is 102 Å². The van der Waals surface area contributed by atoms with E-state index in [2.05, 4.69) is 5.32 Å².